The summed E-state index contributed by atoms with van der Waals surface area (Å²) in [5.74, 6) is -0.349. The van der Waals surface area contributed by atoms with E-state index in [4.69, 9.17) is 0 Å². The Bertz CT molecular complexity index is 680. The van der Waals surface area contributed by atoms with Crippen molar-refractivity contribution < 1.29 is 14.0 Å². The second-order valence-corrected chi connectivity index (χ2v) is 7.33. The summed E-state index contributed by atoms with van der Waals surface area (Å²) in [6.45, 7) is 6.40. The zero-order chi connectivity index (χ0) is 19.2. The van der Waals surface area contributed by atoms with Crippen molar-refractivity contribution >= 4 is 11.8 Å². The van der Waals surface area contributed by atoms with Crippen LogP contribution in [0.25, 0.3) is 0 Å². The first-order chi connectivity index (χ1) is 13.1. The molecule has 1 saturated carbocycles. The Morgan fingerprint density at radius 1 is 1.19 bits per heavy atom. The predicted octanol–water partition coefficient (Wildman–Crippen LogP) is 2.44. The molecule has 1 heterocycles. The lowest BCUT2D eigenvalue weighted by Gasteiger charge is -2.40. The van der Waals surface area contributed by atoms with Gasteiger partial charge in [0.15, 0.2) is 0 Å². The Labute approximate surface area is 160 Å². The number of nitrogens with one attached hydrogen (secondary N) is 1. The Morgan fingerprint density at radius 3 is 2.48 bits per heavy atom. The van der Waals surface area contributed by atoms with Crippen LogP contribution in [-0.4, -0.2) is 60.4 Å². The molecule has 2 aliphatic rings. The fourth-order valence-corrected chi connectivity index (χ4v) is 4.24. The maximum atomic E-state index is 13.9. The highest BCUT2D eigenvalue weighted by molar-refractivity contribution is 5.94. The minimum Gasteiger partial charge on any atom is -0.351 e. The molecule has 27 heavy (non-hydrogen) atoms. The first-order valence-corrected chi connectivity index (χ1v) is 9.78. The SMILES string of the molecule is C=CCNC(=O)C(C1CCCC1)N1CCN(C(=O)c2ccccc2F)CC1. The van der Waals surface area contributed by atoms with E-state index < -0.39 is 5.82 Å². The number of hydrogen-bond acceptors (Lipinski definition) is 3. The van der Waals surface area contributed by atoms with Crippen molar-refractivity contribution in [2.24, 2.45) is 5.92 Å². The minimum atomic E-state index is -0.488. The second kappa shape index (κ2) is 9.13. The van der Waals surface area contributed by atoms with E-state index in [1.165, 1.54) is 25.0 Å². The lowest BCUT2D eigenvalue weighted by atomic mass is 9.95. The van der Waals surface area contributed by atoms with Gasteiger partial charge in [-0.1, -0.05) is 31.1 Å². The first kappa shape index (κ1) is 19.5. The molecular formula is C21H28FN3O2. The highest BCUT2D eigenvalue weighted by Gasteiger charge is 2.37. The van der Waals surface area contributed by atoms with Crippen LogP contribution in [0.5, 0.6) is 0 Å². The minimum absolute atomic E-state index is 0.0516. The molecule has 5 nitrogen and oxygen atoms in total. The van der Waals surface area contributed by atoms with Crippen molar-refractivity contribution in [2.75, 3.05) is 32.7 Å². The van der Waals surface area contributed by atoms with Crippen LogP contribution in [0.1, 0.15) is 36.0 Å². The maximum Gasteiger partial charge on any atom is 0.256 e. The molecule has 1 aromatic carbocycles. The van der Waals surface area contributed by atoms with Gasteiger partial charge in [0.2, 0.25) is 5.91 Å². The van der Waals surface area contributed by atoms with Gasteiger partial charge in [-0.25, -0.2) is 4.39 Å². The van der Waals surface area contributed by atoms with Crippen LogP contribution in [0.2, 0.25) is 0 Å². The fourth-order valence-electron chi connectivity index (χ4n) is 4.24. The van der Waals surface area contributed by atoms with Crippen LogP contribution in [0.15, 0.2) is 36.9 Å². The van der Waals surface area contributed by atoms with Crippen LogP contribution >= 0.6 is 0 Å². The third kappa shape index (κ3) is 4.56. The molecular weight excluding hydrogens is 345 g/mol. The van der Waals surface area contributed by atoms with E-state index in [0.29, 0.717) is 38.6 Å². The molecule has 1 aromatic rings. The van der Waals surface area contributed by atoms with Crippen LogP contribution in [-0.2, 0) is 4.79 Å². The van der Waals surface area contributed by atoms with Gasteiger partial charge in [-0.15, -0.1) is 6.58 Å². The molecule has 0 aromatic heterocycles. The molecule has 1 aliphatic heterocycles. The number of carbonyl (C=O) groups excluding carboxylic acids is 2. The van der Waals surface area contributed by atoms with E-state index in [9.17, 15) is 14.0 Å². The van der Waals surface area contributed by atoms with E-state index in [1.807, 2.05) is 0 Å². The lowest BCUT2D eigenvalue weighted by molar-refractivity contribution is -0.129. The van der Waals surface area contributed by atoms with Gasteiger partial charge in [-0.2, -0.15) is 0 Å². The topological polar surface area (TPSA) is 52.7 Å². The monoisotopic (exact) mass is 373 g/mol. The number of nitrogens with zero attached hydrogens (tertiary/aromatic N) is 2. The molecule has 1 atom stereocenters. The number of hydrogen-bond donors (Lipinski definition) is 1. The molecule has 2 fully saturated rings. The van der Waals surface area contributed by atoms with Gasteiger partial charge >= 0.3 is 0 Å². The maximum absolute atomic E-state index is 13.9. The zero-order valence-electron chi connectivity index (χ0n) is 15.7. The summed E-state index contributed by atoms with van der Waals surface area (Å²) < 4.78 is 13.9. The number of halogens is 1. The molecule has 6 heteroatoms. The molecule has 1 N–H and O–H groups in total. The Morgan fingerprint density at radius 2 is 1.85 bits per heavy atom. The number of amides is 2. The molecule has 1 saturated heterocycles. The number of benzene rings is 1. The molecule has 1 unspecified atom stereocenters. The van der Waals surface area contributed by atoms with E-state index in [1.54, 1.807) is 23.1 Å². The van der Waals surface area contributed by atoms with Crippen molar-refractivity contribution in [1.29, 1.82) is 0 Å². The molecule has 0 spiro atoms. The van der Waals surface area contributed by atoms with Crippen molar-refractivity contribution in [1.82, 2.24) is 15.1 Å². The largest absolute Gasteiger partial charge is 0.351 e. The van der Waals surface area contributed by atoms with E-state index in [-0.39, 0.29) is 23.4 Å². The van der Waals surface area contributed by atoms with Gasteiger partial charge in [0.25, 0.3) is 5.91 Å². The fraction of sp³-hybridized carbons (Fsp3) is 0.524. The van der Waals surface area contributed by atoms with Crippen molar-refractivity contribution in [3.8, 4) is 0 Å². The molecule has 1 aliphatic carbocycles. The Hall–Kier alpha value is -2.21. The molecule has 0 radical (unpaired) electrons. The van der Waals surface area contributed by atoms with E-state index in [2.05, 4.69) is 16.8 Å². The molecule has 2 amide bonds. The van der Waals surface area contributed by atoms with Gasteiger partial charge in [-0.05, 0) is 30.9 Å². The van der Waals surface area contributed by atoms with Gasteiger partial charge in [-0.3, -0.25) is 14.5 Å². The van der Waals surface area contributed by atoms with E-state index >= 15 is 0 Å². The average molecular weight is 373 g/mol. The van der Waals surface area contributed by atoms with Gasteiger partial charge in [0, 0.05) is 32.7 Å². The summed E-state index contributed by atoms with van der Waals surface area (Å²) in [6.07, 6.45) is 6.17. The average Bonchev–Trinajstić information content (AvgIpc) is 3.21. The van der Waals surface area contributed by atoms with E-state index in [0.717, 1.165) is 12.8 Å². The standard InChI is InChI=1S/C21H28FN3O2/c1-2-11-23-20(26)19(16-7-3-4-8-16)24-12-14-25(15-13-24)21(27)17-9-5-6-10-18(17)22/h2,5-6,9-10,16,19H,1,3-4,7-8,11-15H2,(H,23,26). The summed E-state index contributed by atoms with van der Waals surface area (Å²) in [6, 6.07) is 5.93. The van der Waals surface area contributed by atoms with Crippen LogP contribution in [0.4, 0.5) is 4.39 Å². The van der Waals surface area contributed by atoms with Crippen molar-refractivity contribution in [2.45, 2.75) is 31.7 Å². The lowest BCUT2D eigenvalue weighted by Crippen LogP contribution is -2.58. The van der Waals surface area contributed by atoms with Crippen LogP contribution in [0.3, 0.4) is 0 Å². The third-order valence-corrected chi connectivity index (χ3v) is 5.63. The highest BCUT2D eigenvalue weighted by atomic mass is 19.1. The van der Waals surface area contributed by atoms with Crippen molar-refractivity contribution in [3.05, 3.63) is 48.3 Å². The van der Waals surface area contributed by atoms with Gasteiger partial charge in [0.1, 0.15) is 5.82 Å². The Kier molecular flexibility index (Phi) is 6.61. The first-order valence-electron chi connectivity index (χ1n) is 9.78. The molecule has 0 bridgehead atoms. The van der Waals surface area contributed by atoms with Crippen LogP contribution < -0.4 is 5.32 Å². The highest BCUT2D eigenvalue weighted by Crippen LogP contribution is 2.31. The predicted molar refractivity (Wildman–Crippen MR) is 103 cm³/mol. The zero-order valence-corrected chi connectivity index (χ0v) is 15.7. The summed E-state index contributed by atoms with van der Waals surface area (Å²) in [5, 5.41) is 2.95. The summed E-state index contributed by atoms with van der Waals surface area (Å²) >= 11 is 0. The van der Waals surface area contributed by atoms with Crippen LogP contribution in [0, 0.1) is 11.7 Å². The Balaban J connectivity index is 1.64. The third-order valence-electron chi connectivity index (χ3n) is 5.63. The molecule has 3 rings (SSSR count). The number of carbonyl (C=O) groups is 2. The summed E-state index contributed by atoms with van der Waals surface area (Å²) in [5.41, 5.74) is 0.113. The normalized spacial score (nSPS) is 19.7. The quantitative estimate of drug-likeness (QED) is 0.780. The number of rotatable bonds is 6. The second-order valence-electron chi connectivity index (χ2n) is 7.33. The smallest absolute Gasteiger partial charge is 0.256 e. The van der Waals surface area contributed by atoms with Gasteiger partial charge in [0.05, 0.1) is 11.6 Å². The summed E-state index contributed by atoms with van der Waals surface area (Å²) in [4.78, 5) is 29.2. The van der Waals surface area contributed by atoms with Gasteiger partial charge < -0.3 is 10.2 Å². The van der Waals surface area contributed by atoms with Crippen molar-refractivity contribution in [3.63, 3.8) is 0 Å². The number of piperazine rings is 1. The molecule has 146 valence electrons. The summed E-state index contributed by atoms with van der Waals surface area (Å²) in [7, 11) is 0.